The lowest BCUT2D eigenvalue weighted by atomic mass is 10.4. The number of nitrogens with zero attached hydrogens (tertiary/aromatic N) is 1. The van der Waals surface area contributed by atoms with E-state index in [-0.39, 0.29) is 12.2 Å². The van der Waals surface area contributed by atoms with Crippen LogP contribution in [-0.2, 0) is 20.8 Å². The van der Waals surface area contributed by atoms with Gasteiger partial charge in [-0.2, -0.15) is 0 Å². The molecule has 1 heterocycles. The number of ether oxygens (including phenoxy) is 2. The quantitative estimate of drug-likeness (QED) is 0.609. The monoisotopic (exact) mass is 254 g/mol. The molecule has 18 heavy (non-hydrogen) atoms. The molecule has 0 atom stereocenters. The molecule has 6 nitrogen and oxygen atoms in total. The molecule has 6 heteroatoms. The third-order valence-corrected chi connectivity index (χ3v) is 2.37. The molecule has 0 saturated heterocycles. The number of rotatable bonds is 6. The van der Waals surface area contributed by atoms with Crippen LogP contribution in [-0.4, -0.2) is 30.2 Å². The SMILES string of the molecule is CCCCOC(=O)Cn1cc(N)cc1C(=O)OC. The van der Waals surface area contributed by atoms with Gasteiger partial charge in [-0.05, 0) is 12.5 Å². The van der Waals surface area contributed by atoms with E-state index >= 15 is 0 Å². The highest BCUT2D eigenvalue weighted by Crippen LogP contribution is 2.12. The van der Waals surface area contributed by atoms with E-state index in [9.17, 15) is 9.59 Å². The fourth-order valence-electron chi connectivity index (χ4n) is 1.45. The van der Waals surface area contributed by atoms with Crippen molar-refractivity contribution in [3.8, 4) is 0 Å². The standard InChI is InChI=1S/C12H18N2O4/c1-3-4-5-18-11(15)8-14-7-9(13)6-10(14)12(16)17-2/h6-7H,3-5,8,13H2,1-2H3. The van der Waals surface area contributed by atoms with Gasteiger partial charge in [0.25, 0.3) is 0 Å². The van der Waals surface area contributed by atoms with Gasteiger partial charge in [0.15, 0.2) is 0 Å². The molecule has 1 aromatic heterocycles. The molecule has 0 aliphatic carbocycles. The van der Waals surface area contributed by atoms with Crippen LogP contribution in [0.15, 0.2) is 12.3 Å². The summed E-state index contributed by atoms with van der Waals surface area (Å²) in [7, 11) is 1.27. The zero-order chi connectivity index (χ0) is 13.5. The van der Waals surface area contributed by atoms with Crippen LogP contribution in [0.25, 0.3) is 0 Å². The summed E-state index contributed by atoms with van der Waals surface area (Å²) in [5, 5.41) is 0. The summed E-state index contributed by atoms with van der Waals surface area (Å²) in [6.07, 6.45) is 3.29. The first-order valence-corrected chi connectivity index (χ1v) is 5.78. The lowest BCUT2D eigenvalue weighted by molar-refractivity contribution is -0.144. The van der Waals surface area contributed by atoms with E-state index < -0.39 is 11.9 Å². The zero-order valence-corrected chi connectivity index (χ0v) is 10.6. The molecule has 0 bridgehead atoms. The van der Waals surface area contributed by atoms with Crippen molar-refractivity contribution in [3.05, 3.63) is 18.0 Å². The first kappa shape index (κ1) is 14.1. The average Bonchev–Trinajstić information content (AvgIpc) is 2.69. The van der Waals surface area contributed by atoms with Crippen LogP contribution < -0.4 is 5.73 Å². The first-order chi connectivity index (χ1) is 8.58. The Morgan fingerprint density at radius 3 is 2.78 bits per heavy atom. The Kier molecular flexibility index (Phi) is 5.23. The maximum absolute atomic E-state index is 11.5. The number of hydrogen-bond donors (Lipinski definition) is 1. The van der Waals surface area contributed by atoms with Gasteiger partial charge in [0.05, 0.1) is 19.4 Å². The number of anilines is 1. The molecule has 1 rings (SSSR count). The number of unbranched alkanes of at least 4 members (excludes halogenated alkanes) is 1. The van der Waals surface area contributed by atoms with Gasteiger partial charge in [-0.25, -0.2) is 4.79 Å². The van der Waals surface area contributed by atoms with Crippen molar-refractivity contribution in [2.45, 2.75) is 26.3 Å². The van der Waals surface area contributed by atoms with E-state index in [1.807, 2.05) is 6.92 Å². The van der Waals surface area contributed by atoms with Gasteiger partial charge in [0.2, 0.25) is 0 Å². The number of nitrogen functional groups attached to an aromatic ring is 1. The predicted octanol–water partition coefficient (Wildman–Crippen LogP) is 1.20. The highest BCUT2D eigenvalue weighted by atomic mass is 16.5. The maximum Gasteiger partial charge on any atom is 0.354 e. The van der Waals surface area contributed by atoms with E-state index in [1.54, 1.807) is 0 Å². The van der Waals surface area contributed by atoms with Crippen LogP contribution in [0.1, 0.15) is 30.3 Å². The summed E-state index contributed by atoms with van der Waals surface area (Å²) in [5.74, 6) is -0.933. The second-order valence-electron chi connectivity index (χ2n) is 3.85. The summed E-state index contributed by atoms with van der Waals surface area (Å²) in [4.78, 5) is 23.0. The van der Waals surface area contributed by atoms with Crippen molar-refractivity contribution in [1.29, 1.82) is 0 Å². The Labute approximate surface area is 106 Å². The Bertz CT molecular complexity index is 426. The smallest absolute Gasteiger partial charge is 0.354 e. The highest BCUT2D eigenvalue weighted by Gasteiger charge is 2.15. The largest absolute Gasteiger partial charge is 0.464 e. The molecule has 0 saturated carbocycles. The molecule has 1 aromatic rings. The van der Waals surface area contributed by atoms with E-state index in [2.05, 4.69) is 4.74 Å². The van der Waals surface area contributed by atoms with Crippen LogP contribution in [0.2, 0.25) is 0 Å². The molecule has 0 aromatic carbocycles. The minimum Gasteiger partial charge on any atom is -0.464 e. The van der Waals surface area contributed by atoms with Crippen molar-refractivity contribution in [2.24, 2.45) is 0 Å². The van der Waals surface area contributed by atoms with Gasteiger partial charge in [0, 0.05) is 6.20 Å². The van der Waals surface area contributed by atoms with Gasteiger partial charge in [-0.15, -0.1) is 0 Å². The molecule has 0 radical (unpaired) electrons. The number of carbonyl (C=O) groups is 2. The minimum atomic E-state index is -0.534. The topological polar surface area (TPSA) is 83.5 Å². The summed E-state index contributed by atoms with van der Waals surface area (Å²) < 4.78 is 11.0. The van der Waals surface area contributed by atoms with Crippen LogP contribution >= 0.6 is 0 Å². The number of carbonyl (C=O) groups excluding carboxylic acids is 2. The van der Waals surface area contributed by atoms with Crippen LogP contribution in [0.5, 0.6) is 0 Å². The minimum absolute atomic E-state index is 0.0503. The fourth-order valence-corrected chi connectivity index (χ4v) is 1.45. The molecule has 0 spiro atoms. The molecule has 0 amide bonds. The van der Waals surface area contributed by atoms with Crippen molar-refractivity contribution in [2.75, 3.05) is 19.5 Å². The second-order valence-corrected chi connectivity index (χ2v) is 3.85. The number of hydrogen-bond acceptors (Lipinski definition) is 5. The van der Waals surface area contributed by atoms with Crippen LogP contribution in [0.3, 0.4) is 0 Å². The number of esters is 2. The number of methoxy groups -OCH3 is 1. The zero-order valence-electron chi connectivity index (χ0n) is 10.6. The third-order valence-electron chi connectivity index (χ3n) is 2.37. The maximum atomic E-state index is 11.5. The van der Waals surface area contributed by atoms with E-state index in [4.69, 9.17) is 10.5 Å². The summed E-state index contributed by atoms with van der Waals surface area (Å²) >= 11 is 0. The Morgan fingerprint density at radius 2 is 2.17 bits per heavy atom. The van der Waals surface area contributed by atoms with Gasteiger partial charge < -0.3 is 19.8 Å². The molecule has 100 valence electrons. The van der Waals surface area contributed by atoms with E-state index in [0.29, 0.717) is 12.3 Å². The van der Waals surface area contributed by atoms with Crippen LogP contribution in [0, 0.1) is 0 Å². The Hall–Kier alpha value is -1.98. The van der Waals surface area contributed by atoms with Crippen molar-refractivity contribution in [1.82, 2.24) is 4.57 Å². The second kappa shape index (κ2) is 6.68. The number of nitrogens with two attached hydrogens (primary N) is 1. The first-order valence-electron chi connectivity index (χ1n) is 5.78. The molecule has 0 fully saturated rings. The summed E-state index contributed by atoms with van der Waals surface area (Å²) in [6.45, 7) is 2.35. The summed E-state index contributed by atoms with van der Waals surface area (Å²) in [5.41, 5.74) is 6.23. The van der Waals surface area contributed by atoms with Gasteiger partial charge in [-0.1, -0.05) is 13.3 Å². The predicted molar refractivity (Wildman–Crippen MR) is 66.1 cm³/mol. The van der Waals surface area contributed by atoms with Crippen LogP contribution in [0.4, 0.5) is 5.69 Å². The molecular weight excluding hydrogens is 236 g/mol. The third kappa shape index (κ3) is 3.80. The normalized spacial score (nSPS) is 10.1. The lowest BCUT2D eigenvalue weighted by Crippen LogP contribution is -2.18. The van der Waals surface area contributed by atoms with Crippen molar-refractivity contribution < 1.29 is 19.1 Å². The van der Waals surface area contributed by atoms with Gasteiger partial charge in [-0.3, -0.25) is 4.79 Å². The van der Waals surface area contributed by atoms with E-state index in [0.717, 1.165) is 12.8 Å². The Balaban J connectivity index is 2.66. The van der Waals surface area contributed by atoms with E-state index in [1.165, 1.54) is 23.9 Å². The summed E-state index contributed by atoms with van der Waals surface area (Å²) in [6, 6.07) is 1.46. The highest BCUT2D eigenvalue weighted by molar-refractivity contribution is 5.89. The van der Waals surface area contributed by atoms with Gasteiger partial charge >= 0.3 is 11.9 Å². The number of aromatic nitrogens is 1. The Morgan fingerprint density at radius 1 is 1.44 bits per heavy atom. The lowest BCUT2D eigenvalue weighted by Gasteiger charge is -2.07. The fraction of sp³-hybridized carbons (Fsp3) is 0.500. The average molecular weight is 254 g/mol. The van der Waals surface area contributed by atoms with Crippen molar-refractivity contribution >= 4 is 17.6 Å². The molecule has 0 unspecified atom stereocenters. The van der Waals surface area contributed by atoms with Gasteiger partial charge in [0.1, 0.15) is 12.2 Å². The molecule has 0 aliphatic rings. The molecular formula is C12H18N2O4. The van der Waals surface area contributed by atoms with Crippen molar-refractivity contribution in [3.63, 3.8) is 0 Å². The molecule has 2 N–H and O–H groups in total. The molecule has 0 aliphatic heterocycles.